The van der Waals surface area contributed by atoms with Gasteiger partial charge in [-0.3, -0.25) is 4.98 Å². The van der Waals surface area contributed by atoms with Crippen LogP contribution >= 0.6 is 0 Å². The molecule has 1 heterocycles. The first-order valence-corrected chi connectivity index (χ1v) is 6.03. The lowest BCUT2D eigenvalue weighted by atomic mass is 10.1. The smallest absolute Gasteiger partial charge is 0.0346 e. The average molecular weight is 244 g/mol. The van der Waals surface area contributed by atoms with Gasteiger partial charge in [0.1, 0.15) is 0 Å². The minimum absolute atomic E-state index is 0.730. The summed E-state index contributed by atoms with van der Waals surface area (Å²) in [7, 11) is 0. The van der Waals surface area contributed by atoms with Gasteiger partial charge in [0.25, 0.3) is 0 Å². The van der Waals surface area contributed by atoms with Crippen molar-refractivity contribution in [2.75, 3.05) is 5.73 Å². The molecule has 19 heavy (non-hydrogen) atoms. The quantitative estimate of drug-likeness (QED) is 0.487. The molecular weight excluding hydrogens is 232 g/mol. The number of anilines is 1. The van der Waals surface area contributed by atoms with Gasteiger partial charge < -0.3 is 5.73 Å². The highest BCUT2D eigenvalue weighted by molar-refractivity contribution is 5.87. The predicted molar refractivity (Wildman–Crippen MR) is 78.6 cm³/mol. The van der Waals surface area contributed by atoms with E-state index < -0.39 is 0 Å². The maximum absolute atomic E-state index is 5.74. The molecule has 0 fully saturated rings. The average Bonchev–Trinajstić information content (AvgIpc) is 2.45. The lowest BCUT2D eigenvalue weighted by Crippen LogP contribution is -1.85. The molecule has 2 heteroatoms. The Morgan fingerprint density at radius 3 is 2.74 bits per heavy atom. The molecule has 0 radical (unpaired) electrons. The van der Waals surface area contributed by atoms with Crippen molar-refractivity contribution in [3.8, 4) is 11.8 Å². The number of fused-ring (bicyclic) bond motifs is 1. The third kappa shape index (κ3) is 2.41. The summed E-state index contributed by atoms with van der Waals surface area (Å²) in [6, 6.07) is 15.6. The second-order valence-corrected chi connectivity index (χ2v) is 4.28. The Hall–Kier alpha value is -2.79. The van der Waals surface area contributed by atoms with Gasteiger partial charge in [0.15, 0.2) is 0 Å². The molecule has 0 aliphatic rings. The summed E-state index contributed by atoms with van der Waals surface area (Å²) >= 11 is 0. The molecule has 2 N–H and O–H groups in total. The molecule has 3 aromatic rings. The van der Waals surface area contributed by atoms with Gasteiger partial charge in [-0.1, -0.05) is 30.0 Å². The number of hydrogen-bond donors (Lipinski definition) is 1. The van der Waals surface area contributed by atoms with Crippen LogP contribution in [0.1, 0.15) is 11.1 Å². The van der Waals surface area contributed by atoms with Crippen LogP contribution < -0.4 is 5.73 Å². The van der Waals surface area contributed by atoms with Crippen molar-refractivity contribution in [2.24, 2.45) is 0 Å². The fraction of sp³-hybridized carbons (Fsp3) is 0. The Kier molecular flexibility index (Phi) is 2.88. The van der Waals surface area contributed by atoms with Gasteiger partial charge in [-0.05, 0) is 30.3 Å². The van der Waals surface area contributed by atoms with E-state index in [1.54, 1.807) is 6.20 Å². The molecule has 0 saturated carbocycles. The number of nitrogens with two attached hydrogens (primary N) is 1. The number of pyridine rings is 1. The van der Waals surface area contributed by atoms with E-state index in [1.165, 1.54) is 0 Å². The van der Waals surface area contributed by atoms with Crippen molar-refractivity contribution >= 4 is 16.5 Å². The lowest BCUT2D eigenvalue weighted by Gasteiger charge is -1.99. The zero-order chi connectivity index (χ0) is 13.1. The van der Waals surface area contributed by atoms with E-state index in [4.69, 9.17) is 5.73 Å². The maximum atomic E-state index is 5.74. The van der Waals surface area contributed by atoms with Crippen LogP contribution in [-0.4, -0.2) is 4.98 Å². The summed E-state index contributed by atoms with van der Waals surface area (Å²) in [5.74, 6) is 6.34. The molecule has 0 unspecified atom stereocenters. The fourth-order valence-electron chi connectivity index (χ4n) is 1.99. The van der Waals surface area contributed by atoms with Crippen molar-refractivity contribution in [2.45, 2.75) is 0 Å². The normalized spacial score (nSPS) is 9.89. The molecule has 0 bridgehead atoms. The van der Waals surface area contributed by atoms with Gasteiger partial charge in [-0.25, -0.2) is 0 Å². The largest absolute Gasteiger partial charge is 0.399 e. The van der Waals surface area contributed by atoms with Crippen LogP contribution in [0.25, 0.3) is 10.8 Å². The first-order valence-electron chi connectivity index (χ1n) is 6.03. The van der Waals surface area contributed by atoms with E-state index in [2.05, 4.69) is 16.8 Å². The summed E-state index contributed by atoms with van der Waals surface area (Å²) in [6.45, 7) is 0. The number of hydrogen-bond acceptors (Lipinski definition) is 2. The van der Waals surface area contributed by atoms with Gasteiger partial charge in [0, 0.05) is 40.0 Å². The van der Waals surface area contributed by atoms with Crippen molar-refractivity contribution < 1.29 is 0 Å². The van der Waals surface area contributed by atoms with E-state index in [0.29, 0.717) is 0 Å². The monoisotopic (exact) mass is 244 g/mol. The van der Waals surface area contributed by atoms with Crippen LogP contribution in [0.2, 0.25) is 0 Å². The van der Waals surface area contributed by atoms with Gasteiger partial charge in [0.2, 0.25) is 0 Å². The SMILES string of the molecule is Nc1cccc(C#Cc2cccc3cnccc23)c1. The van der Waals surface area contributed by atoms with Crippen LogP contribution in [0, 0.1) is 11.8 Å². The number of nitrogen functional groups attached to an aromatic ring is 1. The van der Waals surface area contributed by atoms with Crippen molar-refractivity contribution in [1.82, 2.24) is 4.98 Å². The topological polar surface area (TPSA) is 38.9 Å². The van der Waals surface area contributed by atoms with Crippen molar-refractivity contribution in [1.29, 1.82) is 0 Å². The number of rotatable bonds is 0. The summed E-state index contributed by atoms with van der Waals surface area (Å²) in [5, 5.41) is 2.22. The highest BCUT2D eigenvalue weighted by Gasteiger charge is 1.96. The molecule has 0 amide bonds. The van der Waals surface area contributed by atoms with Crippen LogP contribution in [0.5, 0.6) is 0 Å². The highest BCUT2D eigenvalue weighted by Crippen LogP contribution is 2.16. The van der Waals surface area contributed by atoms with E-state index in [9.17, 15) is 0 Å². The first kappa shape index (κ1) is 11.3. The summed E-state index contributed by atoms with van der Waals surface area (Å²) in [5.41, 5.74) is 8.40. The molecule has 2 nitrogen and oxygen atoms in total. The van der Waals surface area contributed by atoms with Gasteiger partial charge in [-0.15, -0.1) is 0 Å². The number of aromatic nitrogens is 1. The minimum atomic E-state index is 0.730. The van der Waals surface area contributed by atoms with Gasteiger partial charge >= 0.3 is 0 Å². The lowest BCUT2D eigenvalue weighted by molar-refractivity contribution is 1.36. The third-order valence-electron chi connectivity index (χ3n) is 2.91. The Bertz CT molecular complexity index is 789. The molecule has 0 spiro atoms. The predicted octanol–water partition coefficient (Wildman–Crippen LogP) is 3.22. The molecule has 90 valence electrons. The summed E-state index contributed by atoms with van der Waals surface area (Å²) in [6.07, 6.45) is 3.63. The minimum Gasteiger partial charge on any atom is -0.399 e. The number of benzene rings is 2. The first-order chi connectivity index (χ1) is 9.33. The third-order valence-corrected chi connectivity index (χ3v) is 2.91. The number of nitrogens with zero attached hydrogens (tertiary/aromatic N) is 1. The maximum Gasteiger partial charge on any atom is 0.0346 e. The van der Waals surface area contributed by atoms with Crippen molar-refractivity contribution in [3.63, 3.8) is 0 Å². The Morgan fingerprint density at radius 2 is 1.84 bits per heavy atom. The van der Waals surface area contributed by atoms with Crippen molar-refractivity contribution in [3.05, 3.63) is 72.1 Å². The van der Waals surface area contributed by atoms with Crippen LogP contribution in [-0.2, 0) is 0 Å². The molecule has 0 saturated heterocycles. The molecule has 0 aliphatic heterocycles. The zero-order valence-corrected chi connectivity index (χ0v) is 10.3. The van der Waals surface area contributed by atoms with E-state index in [0.717, 1.165) is 27.6 Å². The summed E-state index contributed by atoms with van der Waals surface area (Å²) < 4.78 is 0. The zero-order valence-electron chi connectivity index (χ0n) is 10.3. The molecule has 0 atom stereocenters. The second-order valence-electron chi connectivity index (χ2n) is 4.28. The Labute approximate surface area is 111 Å². The Balaban J connectivity index is 2.07. The summed E-state index contributed by atoms with van der Waals surface area (Å²) in [4.78, 5) is 4.12. The van der Waals surface area contributed by atoms with Crippen LogP contribution in [0.3, 0.4) is 0 Å². The molecule has 0 aliphatic carbocycles. The molecular formula is C17H12N2. The van der Waals surface area contributed by atoms with Gasteiger partial charge in [-0.2, -0.15) is 0 Å². The van der Waals surface area contributed by atoms with E-state index >= 15 is 0 Å². The molecule has 2 aromatic carbocycles. The highest BCUT2D eigenvalue weighted by atomic mass is 14.6. The molecule has 1 aromatic heterocycles. The van der Waals surface area contributed by atoms with Crippen LogP contribution in [0.4, 0.5) is 5.69 Å². The van der Waals surface area contributed by atoms with Crippen LogP contribution in [0.15, 0.2) is 60.9 Å². The molecule has 3 rings (SSSR count). The van der Waals surface area contributed by atoms with E-state index in [-0.39, 0.29) is 0 Å². The fourth-order valence-corrected chi connectivity index (χ4v) is 1.99. The Morgan fingerprint density at radius 1 is 0.947 bits per heavy atom. The van der Waals surface area contributed by atoms with Gasteiger partial charge in [0.05, 0.1) is 0 Å². The second kappa shape index (κ2) is 4.83. The standard InChI is InChI=1S/C17H12N2/c18-16-6-1-3-13(11-16)7-8-14-4-2-5-15-12-19-10-9-17(14)15/h1-6,9-12H,18H2. The van der Waals surface area contributed by atoms with E-state index in [1.807, 2.05) is 54.7 Å².